The summed E-state index contributed by atoms with van der Waals surface area (Å²) >= 11 is 0. The molecule has 5 heteroatoms. The van der Waals surface area contributed by atoms with Gasteiger partial charge in [-0.1, -0.05) is 0 Å². The molecule has 0 unspecified atom stereocenters. The number of hydrogen-bond acceptors (Lipinski definition) is 3. The van der Waals surface area contributed by atoms with Gasteiger partial charge in [0.1, 0.15) is 5.65 Å². The van der Waals surface area contributed by atoms with Crippen molar-refractivity contribution in [2.45, 2.75) is 19.9 Å². The highest BCUT2D eigenvalue weighted by Crippen LogP contribution is 2.19. The maximum absolute atomic E-state index is 12.1. The van der Waals surface area contributed by atoms with Gasteiger partial charge in [-0.05, 0) is 55.3 Å². The second kappa shape index (κ2) is 6.97. The monoisotopic (exact) mass is 318 g/mol. The molecule has 0 saturated carbocycles. The molecule has 1 aromatic carbocycles. The van der Waals surface area contributed by atoms with Crippen molar-refractivity contribution < 1.29 is 4.79 Å². The fourth-order valence-corrected chi connectivity index (χ4v) is 2.74. The van der Waals surface area contributed by atoms with E-state index in [1.807, 2.05) is 12.1 Å². The van der Waals surface area contributed by atoms with Crippen molar-refractivity contribution in [3.05, 3.63) is 65.5 Å². The number of aryl methyl sites for hydroxylation is 1. The Morgan fingerprint density at radius 2 is 2.08 bits per heavy atom. The van der Waals surface area contributed by atoms with E-state index in [1.165, 1.54) is 5.56 Å². The van der Waals surface area contributed by atoms with Crippen LogP contribution in [0.4, 0.5) is 0 Å². The van der Waals surface area contributed by atoms with Crippen LogP contribution in [0.2, 0.25) is 0 Å². The Labute approximate surface area is 140 Å². The molecule has 3 aromatic rings. The lowest BCUT2D eigenvalue weighted by atomic mass is 10.1. The number of fused-ring (bicyclic) bond motifs is 1. The number of nitrogens with one attached hydrogen (secondary N) is 1. The average molecular weight is 318 g/mol. The first-order chi connectivity index (χ1) is 11.7. The number of carbonyl (C=O) groups is 1. The lowest BCUT2D eigenvalue weighted by Crippen LogP contribution is -2.25. The van der Waals surface area contributed by atoms with E-state index in [9.17, 15) is 4.79 Å². The lowest BCUT2D eigenvalue weighted by Gasteiger charge is -2.05. The van der Waals surface area contributed by atoms with Gasteiger partial charge >= 0.3 is 0 Å². The molecule has 0 aliphatic carbocycles. The van der Waals surface area contributed by atoms with Crippen LogP contribution in [0.1, 0.15) is 28.4 Å². The smallest absolute Gasteiger partial charge is 0.251 e. The third-order valence-electron chi connectivity index (χ3n) is 4.01. The zero-order chi connectivity index (χ0) is 16.9. The Hall–Kier alpha value is -3.13. The summed E-state index contributed by atoms with van der Waals surface area (Å²) in [5.41, 5.74) is 3.27. The molecule has 120 valence electrons. The largest absolute Gasteiger partial charge is 0.352 e. The van der Waals surface area contributed by atoms with Crippen LogP contribution in [0.15, 0.2) is 48.8 Å². The highest BCUT2D eigenvalue weighted by atomic mass is 16.1. The normalized spacial score (nSPS) is 10.5. The first-order valence-electron chi connectivity index (χ1n) is 7.94. The van der Waals surface area contributed by atoms with E-state index in [4.69, 9.17) is 5.26 Å². The van der Waals surface area contributed by atoms with Crippen LogP contribution < -0.4 is 5.32 Å². The molecule has 24 heavy (non-hydrogen) atoms. The van der Waals surface area contributed by atoms with E-state index in [0.29, 0.717) is 17.7 Å². The van der Waals surface area contributed by atoms with Crippen LogP contribution >= 0.6 is 0 Å². The fraction of sp³-hybridized carbons (Fsp3) is 0.211. The van der Waals surface area contributed by atoms with E-state index in [0.717, 1.165) is 24.0 Å². The molecule has 0 fully saturated rings. The Balaban J connectivity index is 1.66. The van der Waals surface area contributed by atoms with Gasteiger partial charge in [0.25, 0.3) is 5.91 Å². The van der Waals surface area contributed by atoms with Crippen LogP contribution in [0.3, 0.4) is 0 Å². The van der Waals surface area contributed by atoms with Crippen LogP contribution in [0.25, 0.3) is 11.0 Å². The summed E-state index contributed by atoms with van der Waals surface area (Å²) in [6.45, 7) is 3.51. The number of nitriles is 1. The van der Waals surface area contributed by atoms with Crippen molar-refractivity contribution >= 4 is 16.9 Å². The Kier molecular flexibility index (Phi) is 4.57. The first kappa shape index (κ1) is 15.8. The molecule has 3 rings (SSSR count). The molecule has 1 N–H and O–H groups in total. The Morgan fingerprint density at radius 1 is 1.29 bits per heavy atom. The molecule has 0 aliphatic rings. The summed E-state index contributed by atoms with van der Waals surface area (Å²) in [6, 6.07) is 12.7. The molecule has 2 heterocycles. The molecular weight excluding hydrogens is 300 g/mol. The van der Waals surface area contributed by atoms with Gasteiger partial charge in [-0.15, -0.1) is 0 Å². The molecule has 0 spiro atoms. The van der Waals surface area contributed by atoms with Gasteiger partial charge < -0.3 is 9.88 Å². The van der Waals surface area contributed by atoms with Crippen LogP contribution in [0.5, 0.6) is 0 Å². The minimum absolute atomic E-state index is 0.128. The second-order valence-corrected chi connectivity index (χ2v) is 5.51. The molecule has 0 aliphatic heterocycles. The molecule has 5 nitrogen and oxygen atoms in total. The molecular formula is C19H18N4O. The number of rotatable bonds is 5. The molecule has 0 bridgehead atoms. The number of pyridine rings is 1. The molecule has 0 atom stereocenters. The van der Waals surface area contributed by atoms with Gasteiger partial charge in [0, 0.05) is 36.4 Å². The van der Waals surface area contributed by atoms with Crippen molar-refractivity contribution in [3.63, 3.8) is 0 Å². The first-order valence-corrected chi connectivity index (χ1v) is 7.94. The Bertz CT molecular complexity index is 903. The maximum atomic E-state index is 12.1. The van der Waals surface area contributed by atoms with Gasteiger partial charge in [0.2, 0.25) is 0 Å². The van der Waals surface area contributed by atoms with Gasteiger partial charge in [-0.2, -0.15) is 5.26 Å². The minimum Gasteiger partial charge on any atom is -0.352 e. The quantitative estimate of drug-likeness (QED) is 0.786. The third-order valence-corrected chi connectivity index (χ3v) is 4.01. The van der Waals surface area contributed by atoms with E-state index < -0.39 is 0 Å². The fourth-order valence-electron chi connectivity index (χ4n) is 2.74. The lowest BCUT2D eigenvalue weighted by molar-refractivity contribution is 0.0954. The summed E-state index contributed by atoms with van der Waals surface area (Å²) in [5.74, 6) is -0.128. The van der Waals surface area contributed by atoms with E-state index in [2.05, 4.69) is 34.1 Å². The predicted molar refractivity (Wildman–Crippen MR) is 92.6 cm³/mol. The van der Waals surface area contributed by atoms with Crippen LogP contribution in [0, 0.1) is 11.3 Å². The number of benzene rings is 1. The highest BCUT2D eigenvalue weighted by Gasteiger charge is 2.09. The number of carbonyl (C=O) groups excluding carboxylic acids is 1. The number of amides is 1. The highest BCUT2D eigenvalue weighted by molar-refractivity contribution is 5.94. The van der Waals surface area contributed by atoms with Crippen molar-refractivity contribution in [2.75, 3.05) is 6.54 Å². The van der Waals surface area contributed by atoms with E-state index in [1.54, 1.807) is 30.5 Å². The summed E-state index contributed by atoms with van der Waals surface area (Å²) < 4.78 is 2.12. The van der Waals surface area contributed by atoms with E-state index >= 15 is 0 Å². The summed E-state index contributed by atoms with van der Waals surface area (Å²) in [6.07, 6.45) is 4.65. The number of nitrogens with zero attached hydrogens (tertiary/aromatic N) is 3. The molecule has 0 saturated heterocycles. The molecule has 1 amide bonds. The SMILES string of the molecule is CCn1cc(CCNC(=O)c2ccc(C#N)cc2)c2cccnc21. The molecule has 0 radical (unpaired) electrons. The summed E-state index contributed by atoms with van der Waals surface area (Å²) in [4.78, 5) is 16.6. The predicted octanol–water partition coefficient (Wildman–Crippen LogP) is 2.90. The Morgan fingerprint density at radius 3 is 2.79 bits per heavy atom. The van der Waals surface area contributed by atoms with Gasteiger partial charge in [-0.3, -0.25) is 4.79 Å². The number of aromatic nitrogens is 2. The number of hydrogen-bond donors (Lipinski definition) is 1. The third kappa shape index (κ3) is 3.13. The van der Waals surface area contributed by atoms with E-state index in [-0.39, 0.29) is 5.91 Å². The standard InChI is InChI=1S/C19H18N4O/c1-2-23-13-16(17-4-3-10-21-18(17)23)9-11-22-19(24)15-7-5-14(12-20)6-8-15/h3-8,10,13H,2,9,11H2,1H3,(H,22,24). The van der Waals surface area contributed by atoms with Gasteiger partial charge in [0.15, 0.2) is 0 Å². The topological polar surface area (TPSA) is 70.7 Å². The van der Waals surface area contributed by atoms with Crippen LogP contribution in [-0.2, 0) is 13.0 Å². The molecule has 2 aromatic heterocycles. The van der Waals surface area contributed by atoms with Crippen molar-refractivity contribution in [2.24, 2.45) is 0 Å². The van der Waals surface area contributed by atoms with Crippen molar-refractivity contribution in [1.29, 1.82) is 5.26 Å². The minimum atomic E-state index is -0.128. The second-order valence-electron chi connectivity index (χ2n) is 5.51. The zero-order valence-corrected chi connectivity index (χ0v) is 13.5. The van der Waals surface area contributed by atoms with Gasteiger partial charge in [0.05, 0.1) is 11.6 Å². The average Bonchev–Trinajstić information content (AvgIpc) is 3.00. The van der Waals surface area contributed by atoms with Crippen molar-refractivity contribution in [1.82, 2.24) is 14.9 Å². The summed E-state index contributed by atoms with van der Waals surface area (Å²) in [7, 11) is 0. The van der Waals surface area contributed by atoms with Crippen LogP contribution in [-0.4, -0.2) is 22.0 Å². The maximum Gasteiger partial charge on any atom is 0.251 e. The van der Waals surface area contributed by atoms with Gasteiger partial charge in [-0.25, -0.2) is 4.98 Å². The van der Waals surface area contributed by atoms with Crippen molar-refractivity contribution in [3.8, 4) is 6.07 Å². The summed E-state index contributed by atoms with van der Waals surface area (Å²) in [5, 5.41) is 12.8. The zero-order valence-electron chi connectivity index (χ0n) is 13.5.